The van der Waals surface area contributed by atoms with Crippen LogP contribution in [0.1, 0.15) is 25.2 Å². The van der Waals surface area contributed by atoms with Gasteiger partial charge in [-0.25, -0.2) is 9.97 Å². The highest BCUT2D eigenvalue weighted by Gasteiger charge is 2.16. The zero-order valence-corrected chi connectivity index (χ0v) is 12.1. The second kappa shape index (κ2) is 6.66. The van der Waals surface area contributed by atoms with E-state index in [9.17, 15) is 0 Å². The standard InChI is InChI=1S/C13H25N5/c1-6-18(11(3)9-17(4)5)13-15-10(2)7-12(8-14)16-13/h7,11H,6,8-9,14H2,1-5H3. The van der Waals surface area contributed by atoms with E-state index in [1.54, 1.807) is 0 Å². The van der Waals surface area contributed by atoms with Crippen LogP contribution in [0, 0.1) is 6.92 Å². The number of hydrogen-bond acceptors (Lipinski definition) is 5. The van der Waals surface area contributed by atoms with Gasteiger partial charge in [0, 0.05) is 31.4 Å². The fourth-order valence-corrected chi connectivity index (χ4v) is 2.13. The Hall–Kier alpha value is -1.20. The van der Waals surface area contributed by atoms with Gasteiger partial charge in [-0.05, 0) is 40.9 Å². The fourth-order valence-electron chi connectivity index (χ4n) is 2.13. The first-order valence-electron chi connectivity index (χ1n) is 6.43. The number of rotatable bonds is 6. The zero-order chi connectivity index (χ0) is 13.7. The van der Waals surface area contributed by atoms with Crippen LogP contribution in [0.3, 0.4) is 0 Å². The van der Waals surface area contributed by atoms with Crippen molar-refractivity contribution in [3.8, 4) is 0 Å². The minimum absolute atomic E-state index is 0.373. The van der Waals surface area contributed by atoms with E-state index in [2.05, 4.69) is 47.7 Å². The molecule has 1 aromatic rings. The van der Waals surface area contributed by atoms with Crippen molar-refractivity contribution in [3.05, 3.63) is 17.5 Å². The number of nitrogens with zero attached hydrogens (tertiary/aromatic N) is 4. The lowest BCUT2D eigenvalue weighted by atomic mass is 10.2. The Morgan fingerprint density at radius 3 is 2.50 bits per heavy atom. The van der Waals surface area contributed by atoms with Gasteiger partial charge in [-0.15, -0.1) is 0 Å². The van der Waals surface area contributed by atoms with Crippen molar-refractivity contribution in [2.45, 2.75) is 33.4 Å². The molecule has 0 saturated carbocycles. The number of likely N-dealkylation sites (N-methyl/N-ethyl adjacent to an activating group) is 2. The maximum absolute atomic E-state index is 5.67. The number of hydrogen-bond donors (Lipinski definition) is 1. The first-order valence-corrected chi connectivity index (χ1v) is 6.43. The van der Waals surface area contributed by atoms with Crippen molar-refractivity contribution in [2.75, 3.05) is 32.1 Å². The van der Waals surface area contributed by atoms with Crippen LogP contribution in [0.4, 0.5) is 5.95 Å². The van der Waals surface area contributed by atoms with Crippen LogP contribution in [0.5, 0.6) is 0 Å². The van der Waals surface area contributed by atoms with Crippen LogP contribution >= 0.6 is 0 Å². The summed E-state index contributed by atoms with van der Waals surface area (Å²) in [7, 11) is 4.15. The average molecular weight is 251 g/mol. The van der Waals surface area contributed by atoms with Crippen molar-refractivity contribution in [2.24, 2.45) is 5.73 Å². The Morgan fingerprint density at radius 2 is 2.00 bits per heavy atom. The lowest BCUT2D eigenvalue weighted by Gasteiger charge is -2.30. The lowest BCUT2D eigenvalue weighted by Crippen LogP contribution is -2.41. The van der Waals surface area contributed by atoms with E-state index in [4.69, 9.17) is 5.73 Å². The van der Waals surface area contributed by atoms with E-state index in [0.29, 0.717) is 12.6 Å². The van der Waals surface area contributed by atoms with E-state index < -0.39 is 0 Å². The zero-order valence-electron chi connectivity index (χ0n) is 12.1. The van der Waals surface area contributed by atoms with Gasteiger partial charge in [-0.2, -0.15) is 0 Å². The van der Waals surface area contributed by atoms with Crippen LogP contribution < -0.4 is 10.6 Å². The van der Waals surface area contributed by atoms with E-state index in [0.717, 1.165) is 30.4 Å². The molecule has 0 amide bonds. The summed E-state index contributed by atoms with van der Waals surface area (Å²) in [6.45, 7) is 8.62. The summed E-state index contributed by atoms with van der Waals surface area (Å²) in [6, 6.07) is 2.31. The first kappa shape index (κ1) is 14.9. The molecule has 0 aromatic carbocycles. The largest absolute Gasteiger partial charge is 0.337 e. The van der Waals surface area contributed by atoms with E-state index in [-0.39, 0.29) is 0 Å². The summed E-state index contributed by atoms with van der Waals surface area (Å²) in [4.78, 5) is 13.4. The second-order valence-electron chi connectivity index (χ2n) is 4.90. The van der Waals surface area contributed by atoms with Gasteiger partial charge in [0.25, 0.3) is 0 Å². The second-order valence-corrected chi connectivity index (χ2v) is 4.90. The summed E-state index contributed by atoms with van der Waals surface area (Å²) in [6.07, 6.45) is 0. The van der Waals surface area contributed by atoms with Gasteiger partial charge in [0.15, 0.2) is 0 Å². The topological polar surface area (TPSA) is 58.3 Å². The van der Waals surface area contributed by atoms with Crippen molar-refractivity contribution < 1.29 is 0 Å². The molecule has 0 bridgehead atoms. The Kier molecular flexibility index (Phi) is 5.50. The molecule has 5 heteroatoms. The molecule has 2 N–H and O–H groups in total. The quantitative estimate of drug-likeness (QED) is 0.818. The van der Waals surface area contributed by atoms with Gasteiger partial charge in [0.05, 0.1) is 5.69 Å². The molecule has 1 unspecified atom stereocenters. The highest BCUT2D eigenvalue weighted by atomic mass is 15.3. The van der Waals surface area contributed by atoms with Gasteiger partial charge in [0.2, 0.25) is 5.95 Å². The SMILES string of the molecule is CCN(c1nc(C)cc(CN)n1)C(C)CN(C)C. The summed E-state index contributed by atoms with van der Waals surface area (Å²) >= 11 is 0. The van der Waals surface area contributed by atoms with E-state index >= 15 is 0 Å². The molecule has 0 saturated heterocycles. The van der Waals surface area contributed by atoms with Crippen LogP contribution in [-0.2, 0) is 6.54 Å². The van der Waals surface area contributed by atoms with Crippen LogP contribution in [0.15, 0.2) is 6.07 Å². The molecule has 0 spiro atoms. The summed E-state index contributed by atoms with van der Waals surface area (Å²) in [5.74, 6) is 0.785. The van der Waals surface area contributed by atoms with E-state index in [1.165, 1.54) is 0 Å². The number of aromatic nitrogens is 2. The molecule has 1 atom stereocenters. The molecule has 18 heavy (non-hydrogen) atoms. The van der Waals surface area contributed by atoms with Crippen molar-refractivity contribution in [1.29, 1.82) is 0 Å². The van der Waals surface area contributed by atoms with E-state index in [1.807, 2.05) is 13.0 Å². The Balaban J connectivity index is 2.97. The van der Waals surface area contributed by atoms with Gasteiger partial charge >= 0.3 is 0 Å². The Bertz CT molecular complexity index is 378. The summed E-state index contributed by atoms with van der Waals surface area (Å²) < 4.78 is 0. The fraction of sp³-hybridized carbons (Fsp3) is 0.692. The molecule has 5 nitrogen and oxygen atoms in total. The highest BCUT2D eigenvalue weighted by Crippen LogP contribution is 2.13. The maximum atomic E-state index is 5.67. The van der Waals surface area contributed by atoms with Crippen LogP contribution in [-0.4, -0.2) is 48.1 Å². The number of anilines is 1. The van der Waals surface area contributed by atoms with Gasteiger partial charge in [0.1, 0.15) is 0 Å². The summed E-state index contributed by atoms with van der Waals surface area (Å²) in [5.41, 5.74) is 7.53. The third-order valence-corrected chi connectivity index (χ3v) is 2.86. The van der Waals surface area contributed by atoms with Crippen LogP contribution in [0.25, 0.3) is 0 Å². The average Bonchev–Trinajstić information content (AvgIpc) is 2.28. The third-order valence-electron chi connectivity index (χ3n) is 2.86. The van der Waals surface area contributed by atoms with Gasteiger partial charge in [-0.1, -0.05) is 0 Å². The number of aryl methyl sites for hydroxylation is 1. The van der Waals surface area contributed by atoms with Crippen molar-refractivity contribution >= 4 is 5.95 Å². The molecular weight excluding hydrogens is 226 g/mol. The molecule has 1 rings (SSSR count). The molecule has 0 aliphatic heterocycles. The van der Waals surface area contributed by atoms with Gasteiger partial charge < -0.3 is 15.5 Å². The lowest BCUT2D eigenvalue weighted by molar-refractivity contribution is 0.371. The summed E-state index contributed by atoms with van der Waals surface area (Å²) in [5, 5.41) is 0. The van der Waals surface area contributed by atoms with Crippen molar-refractivity contribution in [3.63, 3.8) is 0 Å². The first-order chi connectivity index (χ1) is 8.47. The molecule has 0 radical (unpaired) electrons. The Morgan fingerprint density at radius 1 is 1.33 bits per heavy atom. The molecular formula is C13H25N5. The predicted octanol–water partition coefficient (Wildman–Crippen LogP) is 1.02. The molecule has 102 valence electrons. The molecule has 0 aliphatic carbocycles. The number of nitrogens with two attached hydrogens (primary N) is 1. The third kappa shape index (κ3) is 3.92. The van der Waals surface area contributed by atoms with Crippen molar-refractivity contribution in [1.82, 2.24) is 14.9 Å². The molecule has 1 aromatic heterocycles. The molecule has 0 aliphatic rings. The minimum Gasteiger partial charge on any atom is -0.337 e. The van der Waals surface area contributed by atoms with Gasteiger partial charge in [-0.3, -0.25) is 0 Å². The molecule has 0 fully saturated rings. The monoisotopic (exact) mass is 251 g/mol. The predicted molar refractivity (Wildman–Crippen MR) is 75.7 cm³/mol. The normalized spacial score (nSPS) is 12.8. The maximum Gasteiger partial charge on any atom is 0.226 e. The smallest absolute Gasteiger partial charge is 0.226 e. The van der Waals surface area contributed by atoms with Crippen LogP contribution in [0.2, 0.25) is 0 Å². The Labute approximate surface area is 110 Å². The minimum atomic E-state index is 0.373. The highest BCUT2D eigenvalue weighted by molar-refractivity contribution is 5.33. The molecule has 1 heterocycles.